The van der Waals surface area contributed by atoms with Gasteiger partial charge in [0.25, 0.3) is 0 Å². The van der Waals surface area contributed by atoms with Gasteiger partial charge in [0.05, 0.1) is 0 Å². The number of carbonyl (C=O) groups is 3. The molecule has 0 radical (unpaired) electrons. The third-order valence-electron chi connectivity index (χ3n) is 9.80. The summed E-state index contributed by atoms with van der Waals surface area (Å²) in [5, 5.41) is 0. The van der Waals surface area contributed by atoms with E-state index in [1.54, 1.807) is 0 Å². The number of Topliss-reactive ketones (excluding diaryl/α,β-unsaturated/α-hetero) is 1. The molecule has 0 aliphatic heterocycles. The molecule has 5 nitrogen and oxygen atoms in total. The Morgan fingerprint density at radius 3 is 2.40 bits per heavy atom. The van der Waals surface area contributed by atoms with Gasteiger partial charge in [0.2, 0.25) is 0 Å². The van der Waals surface area contributed by atoms with Crippen LogP contribution in [0, 0.1) is 40.4 Å². The second-order valence-electron chi connectivity index (χ2n) is 11.1. The summed E-state index contributed by atoms with van der Waals surface area (Å²) in [5.74, 6) is 2.02. The lowest BCUT2D eigenvalue weighted by atomic mass is 9.44. The predicted molar refractivity (Wildman–Crippen MR) is 112 cm³/mol. The van der Waals surface area contributed by atoms with Crippen LogP contribution in [0.2, 0.25) is 0 Å². The Balaban J connectivity index is 1.55. The highest BCUT2D eigenvalue weighted by atomic mass is 16.5. The van der Waals surface area contributed by atoms with Crippen LogP contribution in [0.3, 0.4) is 0 Å². The van der Waals surface area contributed by atoms with E-state index >= 15 is 0 Å². The van der Waals surface area contributed by atoms with Gasteiger partial charge < -0.3 is 9.47 Å². The zero-order valence-corrected chi connectivity index (χ0v) is 19.2. The molecule has 5 heteroatoms. The lowest BCUT2D eigenvalue weighted by Crippen LogP contribution is -2.58. The van der Waals surface area contributed by atoms with Crippen LogP contribution in [0.25, 0.3) is 0 Å². The number of esters is 2. The molecule has 0 aromatic carbocycles. The van der Waals surface area contributed by atoms with Crippen molar-refractivity contribution in [3.05, 3.63) is 0 Å². The smallest absolute Gasteiger partial charge is 0.302 e. The fourth-order valence-corrected chi connectivity index (χ4v) is 8.40. The zero-order chi connectivity index (χ0) is 21.8. The summed E-state index contributed by atoms with van der Waals surface area (Å²) < 4.78 is 11.1. The minimum atomic E-state index is -0.367. The fraction of sp³-hybridized carbons (Fsp3) is 0.880. The van der Waals surface area contributed by atoms with E-state index in [0.29, 0.717) is 35.9 Å². The van der Waals surface area contributed by atoms with Crippen molar-refractivity contribution in [3.63, 3.8) is 0 Å². The Morgan fingerprint density at radius 1 is 1.00 bits per heavy atom. The first-order valence-corrected chi connectivity index (χ1v) is 11.9. The van der Waals surface area contributed by atoms with Crippen LogP contribution in [-0.2, 0) is 23.9 Å². The number of hydrogen-bond donors (Lipinski definition) is 0. The van der Waals surface area contributed by atoms with Gasteiger partial charge in [-0.15, -0.1) is 0 Å². The quantitative estimate of drug-likeness (QED) is 0.621. The summed E-state index contributed by atoms with van der Waals surface area (Å²) in [6.07, 6.45) is 7.77. The molecule has 30 heavy (non-hydrogen) atoms. The van der Waals surface area contributed by atoms with Crippen LogP contribution in [0.5, 0.6) is 0 Å². The minimum Gasteiger partial charge on any atom is -0.463 e. The molecule has 0 amide bonds. The standard InChI is InChI=1S/C25H38O5/c1-14(29-15(2)26)20-8-9-21-19-7-6-17-12-18(30-16(3)27)10-11-24(17,4)22(19)13-23(28)25(20,21)5/h14,17-22H,6-13H2,1-5H3/t14?,17-,18-,19?,20+,21?,22?,24-,25+/m0/s1. The van der Waals surface area contributed by atoms with Crippen LogP contribution < -0.4 is 0 Å². The molecule has 9 atom stereocenters. The summed E-state index contributed by atoms with van der Waals surface area (Å²) in [6, 6.07) is 0. The molecule has 4 unspecified atom stereocenters. The molecule has 0 spiro atoms. The van der Waals surface area contributed by atoms with E-state index in [9.17, 15) is 14.4 Å². The highest BCUT2D eigenvalue weighted by molar-refractivity contribution is 5.87. The van der Waals surface area contributed by atoms with E-state index in [1.165, 1.54) is 26.7 Å². The molecule has 0 bridgehead atoms. The van der Waals surface area contributed by atoms with E-state index in [4.69, 9.17) is 9.47 Å². The zero-order valence-electron chi connectivity index (χ0n) is 19.2. The maximum Gasteiger partial charge on any atom is 0.302 e. The summed E-state index contributed by atoms with van der Waals surface area (Å²) in [6.45, 7) is 9.49. The molecule has 4 aliphatic carbocycles. The minimum absolute atomic E-state index is 0.0436. The van der Waals surface area contributed by atoms with Crippen LogP contribution in [0.15, 0.2) is 0 Å². The molecule has 4 fully saturated rings. The van der Waals surface area contributed by atoms with Gasteiger partial charge in [-0.3, -0.25) is 14.4 Å². The Morgan fingerprint density at radius 2 is 1.73 bits per heavy atom. The Kier molecular flexibility index (Phi) is 5.55. The Hall–Kier alpha value is -1.39. The first kappa shape index (κ1) is 21.8. The van der Waals surface area contributed by atoms with Crippen LogP contribution in [0.1, 0.15) is 86.0 Å². The fourth-order valence-electron chi connectivity index (χ4n) is 8.40. The Bertz CT molecular complexity index is 731. The molecular formula is C25H38O5. The van der Waals surface area contributed by atoms with Crippen molar-refractivity contribution < 1.29 is 23.9 Å². The van der Waals surface area contributed by atoms with Gasteiger partial charge >= 0.3 is 11.9 Å². The molecule has 4 aliphatic rings. The van der Waals surface area contributed by atoms with E-state index in [2.05, 4.69) is 13.8 Å². The van der Waals surface area contributed by atoms with Crippen molar-refractivity contribution in [2.45, 2.75) is 98.2 Å². The largest absolute Gasteiger partial charge is 0.463 e. The topological polar surface area (TPSA) is 69.7 Å². The lowest BCUT2D eigenvalue weighted by Gasteiger charge is -2.60. The van der Waals surface area contributed by atoms with E-state index < -0.39 is 0 Å². The lowest BCUT2D eigenvalue weighted by molar-refractivity contribution is -0.171. The van der Waals surface area contributed by atoms with Crippen molar-refractivity contribution in [1.29, 1.82) is 0 Å². The van der Waals surface area contributed by atoms with Gasteiger partial charge in [0.1, 0.15) is 18.0 Å². The maximum absolute atomic E-state index is 13.7. The SMILES string of the molecule is CC(=O)OC(C)[C@H]1CCC2C3CC[C@H]4C[C@@H](OC(C)=O)CC[C@]4(C)C3CC(=O)[C@@]21C. The highest BCUT2D eigenvalue weighted by Gasteiger charge is 2.64. The molecule has 0 aromatic heterocycles. The van der Waals surface area contributed by atoms with Crippen molar-refractivity contribution in [1.82, 2.24) is 0 Å². The molecule has 0 saturated heterocycles. The second-order valence-corrected chi connectivity index (χ2v) is 11.1. The number of carbonyl (C=O) groups excluding carboxylic acids is 3. The van der Waals surface area contributed by atoms with Gasteiger partial charge in [-0.2, -0.15) is 0 Å². The number of hydrogen-bond acceptors (Lipinski definition) is 5. The number of ether oxygens (including phenoxy) is 2. The summed E-state index contributed by atoms with van der Waals surface area (Å²) in [5.41, 5.74) is -0.204. The number of fused-ring (bicyclic) bond motifs is 5. The van der Waals surface area contributed by atoms with Crippen molar-refractivity contribution >= 4 is 17.7 Å². The first-order valence-electron chi connectivity index (χ1n) is 11.9. The number of ketones is 1. The third kappa shape index (κ3) is 3.31. The van der Waals surface area contributed by atoms with Gasteiger partial charge in [0.15, 0.2) is 0 Å². The van der Waals surface area contributed by atoms with E-state index in [0.717, 1.165) is 32.1 Å². The Labute approximate surface area is 180 Å². The third-order valence-corrected chi connectivity index (χ3v) is 9.80. The molecule has 0 heterocycles. The van der Waals surface area contributed by atoms with E-state index in [-0.39, 0.29) is 40.9 Å². The summed E-state index contributed by atoms with van der Waals surface area (Å²) in [7, 11) is 0. The van der Waals surface area contributed by atoms with Gasteiger partial charge in [-0.25, -0.2) is 0 Å². The first-order chi connectivity index (χ1) is 14.1. The molecule has 168 valence electrons. The van der Waals surface area contributed by atoms with Crippen LogP contribution in [-0.4, -0.2) is 29.9 Å². The average molecular weight is 419 g/mol. The van der Waals surface area contributed by atoms with Crippen molar-refractivity contribution in [2.75, 3.05) is 0 Å². The highest BCUT2D eigenvalue weighted by Crippen LogP contribution is 2.67. The van der Waals surface area contributed by atoms with Gasteiger partial charge in [-0.05, 0) is 81.0 Å². The summed E-state index contributed by atoms with van der Waals surface area (Å²) >= 11 is 0. The molecule has 0 aromatic rings. The molecular weight excluding hydrogens is 380 g/mol. The molecule has 4 saturated carbocycles. The van der Waals surface area contributed by atoms with Crippen LogP contribution >= 0.6 is 0 Å². The van der Waals surface area contributed by atoms with Crippen molar-refractivity contribution in [3.8, 4) is 0 Å². The normalized spacial score (nSPS) is 46.2. The number of rotatable bonds is 3. The van der Waals surface area contributed by atoms with Crippen molar-refractivity contribution in [2.24, 2.45) is 40.4 Å². The van der Waals surface area contributed by atoms with Crippen LogP contribution in [0.4, 0.5) is 0 Å². The van der Waals surface area contributed by atoms with Gasteiger partial charge in [-0.1, -0.05) is 13.8 Å². The monoisotopic (exact) mass is 418 g/mol. The van der Waals surface area contributed by atoms with Gasteiger partial charge in [0, 0.05) is 31.6 Å². The van der Waals surface area contributed by atoms with E-state index in [1.807, 2.05) is 6.92 Å². The maximum atomic E-state index is 13.7. The molecule has 0 N–H and O–H groups in total. The second kappa shape index (κ2) is 7.63. The molecule has 4 rings (SSSR count). The average Bonchev–Trinajstić information content (AvgIpc) is 3.01. The predicted octanol–water partition coefficient (Wildman–Crippen LogP) is 4.71. The summed E-state index contributed by atoms with van der Waals surface area (Å²) in [4.78, 5) is 36.6.